The molecule has 2 aromatic carbocycles. The lowest BCUT2D eigenvalue weighted by Gasteiger charge is -2.36. The van der Waals surface area contributed by atoms with Crippen LogP contribution in [0.2, 0.25) is 0 Å². The number of aromatic nitrogens is 5. The second kappa shape index (κ2) is 9.07. The van der Waals surface area contributed by atoms with Gasteiger partial charge in [0, 0.05) is 42.5 Å². The van der Waals surface area contributed by atoms with E-state index in [0.717, 1.165) is 36.5 Å². The molecule has 0 unspecified atom stereocenters. The van der Waals surface area contributed by atoms with Crippen LogP contribution in [0.4, 0.5) is 14.5 Å². The molecule has 10 heteroatoms. The Morgan fingerprint density at radius 2 is 1.94 bits per heavy atom. The van der Waals surface area contributed by atoms with Gasteiger partial charge in [-0.3, -0.25) is 0 Å². The maximum Gasteiger partial charge on any atom is 0.314 e. The summed E-state index contributed by atoms with van der Waals surface area (Å²) in [4.78, 5) is 2.40. The SMILES string of the molecule is C[C@H]1CNCCN1c1cccc(-c2cn(Cc3ccc(-c4nnc(C(F)F)o4)cc3)nn2)c1. The molecule has 5 rings (SSSR count). The normalized spacial score (nSPS) is 16.5. The van der Waals surface area contributed by atoms with Crippen molar-refractivity contribution in [3.63, 3.8) is 0 Å². The van der Waals surface area contributed by atoms with Crippen molar-refractivity contribution in [3.8, 4) is 22.7 Å². The van der Waals surface area contributed by atoms with Crippen LogP contribution in [-0.2, 0) is 6.54 Å². The highest BCUT2D eigenvalue weighted by atomic mass is 19.3. The van der Waals surface area contributed by atoms with Crippen LogP contribution in [0.5, 0.6) is 0 Å². The molecular weight excluding hydrogens is 428 g/mol. The van der Waals surface area contributed by atoms with Crippen LogP contribution in [0.15, 0.2) is 59.1 Å². The van der Waals surface area contributed by atoms with E-state index in [2.05, 4.69) is 49.8 Å². The number of nitrogens with one attached hydrogen (secondary N) is 1. The van der Waals surface area contributed by atoms with Crippen molar-refractivity contribution < 1.29 is 13.2 Å². The second-order valence-corrected chi connectivity index (χ2v) is 8.04. The van der Waals surface area contributed by atoms with E-state index < -0.39 is 12.3 Å². The number of rotatable bonds is 6. The minimum atomic E-state index is -2.78. The van der Waals surface area contributed by atoms with Crippen LogP contribution >= 0.6 is 0 Å². The molecule has 1 aliphatic rings. The maximum absolute atomic E-state index is 12.6. The summed E-state index contributed by atoms with van der Waals surface area (Å²) in [6.07, 6.45) is -0.866. The zero-order valence-corrected chi connectivity index (χ0v) is 18.0. The standard InChI is InChI=1S/C23H23F2N7O/c1-15-12-26-9-10-32(15)19-4-2-3-18(11-19)20-14-31(30-27-20)13-16-5-7-17(8-6-16)22-28-29-23(33-22)21(24)25/h2-8,11,14-15,21,26H,9-10,12-13H2,1H3/t15-/m0/s1. The number of alkyl halides is 2. The number of anilines is 1. The molecular formula is C23H23F2N7O. The van der Waals surface area contributed by atoms with Crippen LogP contribution in [0.25, 0.3) is 22.7 Å². The number of nitrogens with zero attached hydrogens (tertiary/aromatic N) is 6. The highest BCUT2D eigenvalue weighted by Gasteiger charge is 2.19. The van der Waals surface area contributed by atoms with Crippen molar-refractivity contribution in [2.75, 3.05) is 24.5 Å². The number of benzene rings is 2. The van der Waals surface area contributed by atoms with E-state index in [1.54, 1.807) is 16.8 Å². The Kier molecular flexibility index (Phi) is 5.82. The summed E-state index contributed by atoms with van der Waals surface area (Å²) in [5.74, 6) is -0.613. The van der Waals surface area contributed by atoms with Crippen LogP contribution in [0.3, 0.4) is 0 Å². The van der Waals surface area contributed by atoms with Gasteiger partial charge in [0.2, 0.25) is 5.89 Å². The van der Waals surface area contributed by atoms with Gasteiger partial charge in [0.05, 0.1) is 12.7 Å². The van der Waals surface area contributed by atoms with Gasteiger partial charge in [-0.05, 0) is 36.8 Å². The molecule has 1 fully saturated rings. The Morgan fingerprint density at radius 3 is 2.70 bits per heavy atom. The lowest BCUT2D eigenvalue weighted by Crippen LogP contribution is -2.49. The van der Waals surface area contributed by atoms with E-state index in [-0.39, 0.29) is 5.89 Å². The zero-order valence-electron chi connectivity index (χ0n) is 18.0. The number of halogens is 2. The van der Waals surface area contributed by atoms with Crippen molar-refractivity contribution in [2.45, 2.75) is 25.9 Å². The van der Waals surface area contributed by atoms with Crippen molar-refractivity contribution >= 4 is 5.69 Å². The zero-order chi connectivity index (χ0) is 22.8. The Bertz CT molecular complexity index is 1220. The van der Waals surface area contributed by atoms with Gasteiger partial charge in [0.1, 0.15) is 5.69 Å². The van der Waals surface area contributed by atoms with Gasteiger partial charge >= 0.3 is 6.43 Å². The van der Waals surface area contributed by atoms with Crippen LogP contribution in [-0.4, -0.2) is 50.9 Å². The monoisotopic (exact) mass is 451 g/mol. The van der Waals surface area contributed by atoms with E-state index in [1.165, 1.54) is 5.69 Å². The summed E-state index contributed by atoms with van der Waals surface area (Å²) in [7, 11) is 0. The molecule has 1 atom stereocenters. The molecule has 0 aliphatic carbocycles. The maximum atomic E-state index is 12.6. The van der Waals surface area contributed by atoms with Gasteiger partial charge < -0.3 is 14.6 Å². The summed E-state index contributed by atoms with van der Waals surface area (Å²) < 4.78 is 32.1. The summed E-state index contributed by atoms with van der Waals surface area (Å²) in [5.41, 5.74) is 4.57. The minimum Gasteiger partial charge on any atom is -0.415 e. The predicted molar refractivity (Wildman–Crippen MR) is 119 cm³/mol. The molecule has 170 valence electrons. The molecule has 0 saturated carbocycles. The topological polar surface area (TPSA) is 84.9 Å². The smallest absolute Gasteiger partial charge is 0.314 e. The third kappa shape index (κ3) is 4.61. The Morgan fingerprint density at radius 1 is 1.09 bits per heavy atom. The largest absolute Gasteiger partial charge is 0.415 e. The first kappa shape index (κ1) is 21.2. The summed E-state index contributed by atoms with van der Waals surface area (Å²) >= 11 is 0. The molecule has 8 nitrogen and oxygen atoms in total. The molecule has 0 radical (unpaired) electrons. The number of hydrogen-bond acceptors (Lipinski definition) is 7. The minimum absolute atomic E-state index is 0.0681. The number of hydrogen-bond donors (Lipinski definition) is 1. The van der Waals surface area contributed by atoms with Crippen LogP contribution in [0.1, 0.15) is 24.8 Å². The summed E-state index contributed by atoms with van der Waals surface area (Å²) in [6.45, 7) is 5.66. The van der Waals surface area contributed by atoms with E-state index in [1.807, 2.05) is 30.5 Å². The van der Waals surface area contributed by atoms with E-state index in [4.69, 9.17) is 4.42 Å². The average Bonchev–Trinajstić information content (AvgIpc) is 3.50. The molecule has 33 heavy (non-hydrogen) atoms. The predicted octanol–water partition coefficient (Wildman–Crippen LogP) is 3.78. The molecule has 2 aromatic heterocycles. The van der Waals surface area contributed by atoms with Gasteiger partial charge in [0.15, 0.2) is 0 Å². The van der Waals surface area contributed by atoms with Crippen molar-refractivity contribution in [3.05, 3.63) is 66.2 Å². The first-order chi connectivity index (χ1) is 16.1. The van der Waals surface area contributed by atoms with Crippen LogP contribution in [0, 0.1) is 0 Å². The fraction of sp³-hybridized carbons (Fsp3) is 0.304. The molecule has 1 saturated heterocycles. The summed E-state index contributed by atoms with van der Waals surface area (Å²) in [6, 6.07) is 16.1. The van der Waals surface area contributed by atoms with Crippen molar-refractivity contribution in [1.82, 2.24) is 30.5 Å². The molecule has 0 spiro atoms. The quantitative estimate of drug-likeness (QED) is 0.478. The Balaban J connectivity index is 1.29. The van der Waals surface area contributed by atoms with Gasteiger partial charge in [-0.1, -0.05) is 29.5 Å². The van der Waals surface area contributed by atoms with Gasteiger partial charge in [-0.25, -0.2) is 4.68 Å². The van der Waals surface area contributed by atoms with Crippen LogP contribution < -0.4 is 10.2 Å². The Hall–Kier alpha value is -3.66. The molecule has 0 bridgehead atoms. The fourth-order valence-corrected chi connectivity index (χ4v) is 3.96. The van der Waals surface area contributed by atoms with Crippen molar-refractivity contribution in [2.24, 2.45) is 0 Å². The molecule has 3 heterocycles. The summed E-state index contributed by atoms with van der Waals surface area (Å²) in [5, 5.41) is 19.1. The lowest BCUT2D eigenvalue weighted by molar-refractivity contribution is 0.116. The van der Waals surface area contributed by atoms with Gasteiger partial charge in [-0.15, -0.1) is 15.3 Å². The third-order valence-corrected chi connectivity index (χ3v) is 5.69. The van der Waals surface area contributed by atoms with E-state index in [9.17, 15) is 8.78 Å². The second-order valence-electron chi connectivity index (χ2n) is 8.04. The first-order valence-electron chi connectivity index (χ1n) is 10.8. The van der Waals surface area contributed by atoms with Gasteiger partial charge in [-0.2, -0.15) is 8.78 Å². The average molecular weight is 451 g/mol. The highest BCUT2D eigenvalue weighted by Crippen LogP contribution is 2.26. The van der Waals surface area contributed by atoms with E-state index in [0.29, 0.717) is 18.2 Å². The third-order valence-electron chi connectivity index (χ3n) is 5.69. The lowest BCUT2D eigenvalue weighted by atomic mass is 10.1. The van der Waals surface area contributed by atoms with Crippen molar-refractivity contribution in [1.29, 1.82) is 0 Å². The number of piperazine rings is 1. The van der Waals surface area contributed by atoms with Gasteiger partial charge in [0.25, 0.3) is 5.89 Å². The molecule has 1 aliphatic heterocycles. The highest BCUT2D eigenvalue weighted by molar-refractivity contribution is 5.65. The molecule has 4 aromatic rings. The van der Waals surface area contributed by atoms with E-state index >= 15 is 0 Å². The molecule has 1 N–H and O–H groups in total. The first-order valence-corrected chi connectivity index (χ1v) is 10.8. The molecule has 0 amide bonds. The fourth-order valence-electron chi connectivity index (χ4n) is 3.96. The Labute approximate surface area is 189 Å².